The number of carbonyl (C=O) groups excluding carboxylic acids is 1. The van der Waals surface area contributed by atoms with Gasteiger partial charge in [0.15, 0.2) is 0 Å². The molecule has 0 radical (unpaired) electrons. The Hall–Kier alpha value is -4.27. The van der Waals surface area contributed by atoms with Gasteiger partial charge in [0.2, 0.25) is 0 Å². The molecule has 0 bridgehead atoms. The number of anilines is 1. The van der Waals surface area contributed by atoms with Crippen molar-refractivity contribution in [2.45, 2.75) is 76.4 Å². The second-order valence-corrected chi connectivity index (χ2v) is 14.0. The third-order valence-electron chi connectivity index (χ3n) is 10.4. The van der Waals surface area contributed by atoms with E-state index in [1.807, 2.05) is 26.0 Å². The summed E-state index contributed by atoms with van der Waals surface area (Å²) < 4.78 is 0. The number of piperazine rings is 1. The third-order valence-corrected chi connectivity index (χ3v) is 10.4. The van der Waals surface area contributed by atoms with Gasteiger partial charge in [-0.15, -0.1) is 0 Å². The Balaban J connectivity index is 1.38. The van der Waals surface area contributed by atoms with Gasteiger partial charge in [0, 0.05) is 75.5 Å². The van der Waals surface area contributed by atoms with Crippen molar-refractivity contribution < 1.29 is 14.7 Å². The molecule has 2 amide bonds. The van der Waals surface area contributed by atoms with Crippen molar-refractivity contribution in [2.24, 2.45) is 0 Å². The van der Waals surface area contributed by atoms with Gasteiger partial charge in [0.25, 0.3) is 5.91 Å². The molecule has 3 aromatic rings. The molecule has 47 heavy (non-hydrogen) atoms. The fraction of sp³-hybridized carbons (Fsp3) is 0.528. The van der Waals surface area contributed by atoms with Gasteiger partial charge in [-0.05, 0) is 57.0 Å². The van der Waals surface area contributed by atoms with Crippen molar-refractivity contribution in [1.29, 1.82) is 5.26 Å². The molecule has 11 heteroatoms. The average Bonchev–Trinajstić information content (AvgIpc) is 3.86. The smallest absolute Gasteiger partial charge is 0.407 e. The number of carboxylic acid groups (broad SMARTS) is 1. The lowest BCUT2D eigenvalue weighted by Gasteiger charge is -2.47. The summed E-state index contributed by atoms with van der Waals surface area (Å²) in [5.41, 5.74) is 3.17. The molecule has 1 aliphatic carbocycles. The van der Waals surface area contributed by atoms with Gasteiger partial charge in [-0.2, -0.15) is 5.26 Å². The van der Waals surface area contributed by atoms with Crippen LogP contribution in [0.25, 0.3) is 10.8 Å². The highest BCUT2D eigenvalue weighted by atomic mass is 16.4. The summed E-state index contributed by atoms with van der Waals surface area (Å²) >= 11 is 0. The Morgan fingerprint density at radius 2 is 1.83 bits per heavy atom. The summed E-state index contributed by atoms with van der Waals surface area (Å²) in [4.78, 5) is 42.5. The SMILES string of the molecule is CCN(C(=O)C1(c2nc3c(c(CC(C)(C)N4CCN(C(=O)O)[C@@H](CC#N)C4)n2)CCN(c2cccc4ccccc24)C3)CC1)N(C)C. The number of nitrogens with zero attached hydrogens (tertiary/aromatic N) is 8. The van der Waals surface area contributed by atoms with E-state index in [-0.39, 0.29) is 23.9 Å². The Morgan fingerprint density at radius 3 is 2.51 bits per heavy atom. The van der Waals surface area contributed by atoms with Crippen LogP contribution in [0.4, 0.5) is 10.5 Å². The molecule has 1 atom stereocenters. The molecule has 1 N–H and O–H groups in total. The van der Waals surface area contributed by atoms with Crippen molar-refractivity contribution in [3.8, 4) is 6.07 Å². The van der Waals surface area contributed by atoms with E-state index in [4.69, 9.17) is 9.97 Å². The summed E-state index contributed by atoms with van der Waals surface area (Å²) in [6.07, 6.45) is 2.02. The minimum Gasteiger partial charge on any atom is -0.465 e. The summed E-state index contributed by atoms with van der Waals surface area (Å²) in [5.74, 6) is 0.659. The maximum Gasteiger partial charge on any atom is 0.407 e. The molecule has 1 aromatic heterocycles. The van der Waals surface area contributed by atoms with E-state index in [0.29, 0.717) is 45.0 Å². The minimum absolute atomic E-state index is 0.0426. The van der Waals surface area contributed by atoms with Crippen LogP contribution in [0, 0.1) is 11.3 Å². The lowest BCUT2D eigenvalue weighted by Crippen LogP contribution is -2.60. The van der Waals surface area contributed by atoms with Crippen molar-refractivity contribution in [2.75, 3.05) is 51.7 Å². The summed E-state index contributed by atoms with van der Waals surface area (Å²) in [7, 11) is 3.79. The first-order valence-corrected chi connectivity index (χ1v) is 16.7. The predicted molar refractivity (Wildman–Crippen MR) is 181 cm³/mol. The number of hydrogen-bond acceptors (Lipinski definition) is 8. The van der Waals surface area contributed by atoms with Gasteiger partial charge in [-0.3, -0.25) is 14.7 Å². The van der Waals surface area contributed by atoms with E-state index in [0.717, 1.165) is 42.8 Å². The first-order chi connectivity index (χ1) is 22.5. The van der Waals surface area contributed by atoms with Crippen LogP contribution >= 0.6 is 0 Å². The fourth-order valence-corrected chi connectivity index (χ4v) is 7.53. The van der Waals surface area contributed by atoms with Crippen molar-refractivity contribution in [3.05, 3.63) is 65.2 Å². The van der Waals surface area contributed by atoms with Crippen LogP contribution < -0.4 is 4.90 Å². The van der Waals surface area contributed by atoms with Gasteiger partial charge in [0.1, 0.15) is 11.2 Å². The van der Waals surface area contributed by atoms with E-state index in [1.165, 1.54) is 21.4 Å². The fourth-order valence-electron chi connectivity index (χ4n) is 7.53. The second-order valence-electron chi connectivity index (χ2n) is 14.0. The molecule has 1 saturated heterocycles. The molecule has 0 spiro atoms. The largest absolute Gasteiger partial charge is 0.465 e. The number of aromatic nitrogens is 2. The topological polar surface area (TPSA) is 120 Å². The first kappa shape index (κ1) is 32.7. The number of benzene rings is 2. The quantitative estimate of drug-likeness (QED) is 0.339. The Kier molecular flexibility index (Phi) is 8.85. The van der Waals surface area contributed by atoms with E-state index < -0.39 is 11.5 Å². The number of likely N-dealkylation sites (N-methyl/N-ethyl adjacent to an activating group) is 1. The summed E-state index contributed by atoms with van der Waals surface area (Å²) in [6.45, 7) is 9.78. The van der Waals surface area contributed by atoms with Crippen LogP contribution in [-0.2, 0) is 29.6 Å². The van der Waals surface area contributed by atoms with Crippen molar-refractivity contribution in [3.63, 3.8) is 0 Å². The average molecular weight is 639 g/mol. The number of amides is 2. The zero-order valence-corrected chi connectivity index (χ0v) is 28.2. The van der Waals surface area contributed by atoms with Gasteiger partial charge in [-0.25, -0.2) is 19.8 Å². The van der Waals surface area contributed by atoms with E-state index >= 15 is 0 Å². The van der Waals surface area contributed by atoms with E-state index in [1.54, 1.807) is 5.01 Å². The number of rotatable bonds is 9. The highest BCUT2D eigenvalue weighted by Crippen LogP contribution is 2.49. The monoisotopic (exact) mass is 638 g/mol. The highest BCUT2D eigenvalue weighted by molar-refractivity contribution is 5.94. The molecular weight excluding hydrogens is 592 g/mol. The lowest BCUT2D eigenvalue weighted by molar-refractivity contribution is -0.147. The molecule has 248 valence electrons. The third kappa shape index (κ3) is 6.12. The molecular formula is C36H46N8O3. The van der Waals surface area contributed by atoms with Crippen LogP contribution in [0.5, 0.6) is 0 Å². The van der Waals surface area contributed by atoms with Crippen LogP contribution in [0.3, 0.4) is 0 Å². The maximum atomic E-state index is 14.0. The maximum absolute atomic E-state index is 14.0. The van der Waals surface area contributed by atoms with Crippen LogP contribution in [0.1, 0.15) is 62.8 Å². The Labute approximate surface area is 277 Å². The second kappa shape index (κ2) is 12.7. The zero-order valence-electron chi connectivity index (χ0n) is 28.2. The highest BCUT2D eigenvalue weighted by Gasteiger charge is 2.56. The van der Waals surface area contributed by atoms with E-state index in [2.05, 4.69) is 72.2 Å². The normalized spacial score (nSPS) is 19.4. The molecule has 3 aliphatic rings. The van der Waals surface area contributed by atoms with E-state index in [9.17, 15) is 20.0 Å². The molecule has 11 nitrogen and oxygen atoms in total. The lowest BCUT2D eigenvalue weighted by atomic mass is 9.89. The zero-order chi connectivity index (χ0) is 33.5. The van der Waals surface area contributed by atoms with Crippen LogP contribution in [0.2, 0.25) is 0 Å². The summed E-state index contributed by atoms with van der Waals surface area (Å²) in [5, 5.41) is 25.2. The van der Waals surface area contributed by atoms with Gasteiger partial charge < -0.3 is 14.9 Å². The standard InChI is InChI=1S/C36H46N8O3/c1-6-44(40(4)5)33(45)36(16-17-36)32-38-29(22-35(2,3)42-20-21-43(34(46)47)26(23-42)14-18-37)28-15-19-41(24-30(28)39-32)31-13-9-11-25-10-7-8-12-27(25)31/h7-13,26H,6,14-17,19-24H2,1-5H3,(H,46,47)/t26-/m0/s1. The van der Waals surface area contributed by atoms with Crippen molar-refractivity contribution >= 4 is 28.5 Å². The molecule has 2 fully saturated rings. The van der Waals surface area contributed by atoms with Gasteiger partial charge in [0.05, 0.1) is 30.8 Å². The summed E-state index contributed by atoms with van der Waals surface area (Å²) in [6, 6.07) is 16.7. The first-order valence-electron chi connectivity index (χ1n) is 16.7. The molecule has 6 rings (SSSR count). The number of nitriles is 1. The molecule has 2 aliphatic heterocycles. The molecule has 2 aromatic carbocycles. The van der Waals surface area contributed by atoms with Crippen LogP contribution in [0.15, 0.2) is 42.5 Å². The van der Waals surface area contributed by atoms with Gasteiger partial charge in [-0.1, -0.05) is 36.4 Å². The predicted octanol–water partition coefficient (Wildman–Crippen LogP) is 4.45. The molecule has 0 unspecified atom stereocenters. The Bertz CT molecular complexity index is 1710. The van der Waals surface area contributed by atoms with Gasteiger partial charge >= 0.3 is 6.09 Å². The number of hydrogen-bond donors (Lipinski definition) is 1. The number of hydrazine groups is 1. The van der Waals surface area contributed by atoms with Crippen molar-refractivity contribution in [1.82, 2.24) is 29.8 Å². The minimum atomic E-state index is -0.980. The Morgan fingerprint density at radius 1 is 1.09 bits per heavy atom. The molecule has 3 heterocycles. The molecule has 1 saturated carbocycles. The van der Waals surface area contributed by atoms with Crippen LogP contribution in [-0.4, -0.2) is 105 Å². The number of fused-ring (bicyclic) bond motifs is 2. The number of carbonyl (C=O) groups is 2.